The lowest BCUT2D eigenvalue weighted by Crippen LogP contribution is -2.27. The third-order valence-electron chi connectivity index (χ3n) is 3.09. The van der Waals surface area contributed by atoms with Crippen molar-refractivity contribution in [3.8, 4) is 5.75 Å². The number of carbonyl (C=O) groups excluding carboxylic acids is 1. The van der Waals surface area contributed by atoms with E-state index in [4.69, 9.17) is 5.73 Å². The summed E-state index contributed by atoms with van der Waals surface area (Å²) in [6, 6.07) is 5.72. The summed E-state index contributed by atoms with van der Waals surface area (Å²) in [6.07, 6.45) is -4.38. The number of thiazole rings is 1. The average molecular weight is 396 g/mol. The summed E-state index contributed by atoms with van der Waals surface area (Å²) in [5, 5.41) is 5.06. The maximum atomic E-state index is 12.1. The third-order valence-corrected chi connectivity index (χ3v) is 3.96. The quantitative estimate of drug-likeness (QED) is 0.785. The van der Waals surface area contributed by atoms with Gasteiger partial charge in [-0.1, -0.05) is 12.1 Å². The van der Waals surface area contributed by atoms with Crippen molar-refractivity contribution in [2.24, 2.45) is 5.73 Å². The zero-order valence-corrected chi connectivity index (χ0v) is 14.8. The van der Waals surface area contributed by atoms with Crippen LogP contribution in [0, 0.1) is 0 Å². The summed E-state index contributed by atoms with van der Waals surface area (Å²) < 4.78 is 40.9. The predicted molar refractivity (Wildman–Crippen MR) is 91.1 cm³/mol. The van der Waals surface area contributed by atoms with Gasteiger partial charge in [-0.2, -0.15) is 13.2 Å². The summed E-state index contributed by atoms with van der Waals surface area (Å²) in [5.41, 5.74) is 6.48. The molecule has 1 unspecified atom stereocenters. The Kier molecular flexibility index (Phi) is 7.65. The molecular weight excluding hydrogens is 379 g/mol. The van der Waals surface area contributed by atoms with Gasteiger partial charge in [0.25, 0.3) is 5.91 Å². The molecule has 1 heterocycles. The third kappa shape index (κ3) is 6.52. The number of nitrogens with two attached hydrogens (primary N) is 1. The monoisotopic (exact) mass is 395 g/mol. The molecule has 25 heavy (non-hydrogen) atoms. The van der Waals surface area contributed by atoms with Gasteiger partial charge < -0.3 is 15.8 Å². The number of carbonyl (C=O) groups is 1. The molecule has 3 N–H and O–H groups in total. The number of aromatic nitrogens is 1. The van der Waals surface area contributed by atoms with E-state index in [1.54, 1.807) is 24.4 Å². The Morgan fingerprint density at radius 3 is 2.52 bits per heavy atom. The minimum absolute atomic E-state index is 0. The number of hydrogen-bond donors (Lipinski definition) is 2. The number of ether oxygens (including phenoxy) is 1. The summed E-state index contributed by atoms with van der Waals surface area (Å²) in [4.78, 5) is 16.2. The van der Waals surface area contributed by atoms with Gasteiger partial charge in [-0.25, -0.2) is 4.98 Å². The molecule has 1 amide bonds. The summed E-state index contributed by atoms with van der Waals surface area (Å²) in [7, 11) is 0. The number of nitrogens with one attached hydrogen (secondary N) is 1. The van der Waals surface area contributed by atoms with Crippen molar-refractivity contribution in [3.05, 3.63) is 45.9 Å². The molecule has 0 aliphatic rings. The molecule has 10 heteroatoms. The predicted octanol–water partition coefficient (Wildman–Crippen LogP) is 3.46. The largest absolute Gasteiger partial charge is 0.484 e. The van der Waals surface area contributed by atoms with Crippen LogP contribution in [0.3, 0.4) is 0 Å². The van der Waals surface area contributed by atoms with E-state index in [1.165, 1.54) is 23.5 Å². The summed E-state index contributed by atoms with van der Waals surface area (Å²) in [6.45, 7) is 0.693. The standard InChI is InChI=1S/C15H16F3N3O2S.ClH/c1-9(20-14(22)12-7-24-13(6-19)21-12)10-2-4-11(5-3-10)23-8-15(16,17)18;/h2-5,7,9H,6,8,19H2,1H3,(H,20,22);1H. The lowest BCUT2D eigenvalue weighted by atomic mass is 10.1. The number of nitrogens with zero attached hydrogens (tertiary/aromatic N) is 1. The molecule has 0 fully saturated rings. The summed E-state index contributed by atoms with van der Waals surface area (Å²) in [5.74, 6) is -0.225. The first-order valence-corrected chi connectivity index (χ1v) is 7.91. The zero-order valence-electron chi connectivity index (χ0n) is 13.2. The highest BCUT2D eigenvalue weighted by Crippen LogP contribution is 2.21. The van der Waals surface area contributed by atoms with Crippen molar-refractivity contribution < 1.29 is 22.7 Å². The van der Waals surface area contributed by atoms with Crippen LogP contribution in [0.2, 0.25) is 0 Å². The van der Waals surface area contributed by atoms with Gasteiger partial charge in [0.15, 0.2) is 6.61 Å². The van der Waals surface area contributed by atoms with Crippen LogP contribution >= 0.6 is 23.7 Å². The van der Waals surface area contributed by atoms with Crippen LogP contribution in [0.15, 0.2) is 29.6 Å². The lowest BCUT2D eigenvalue weighted by Gasteiger charge is -2.14. The molecule has 2 aromatic rings. The van der Waals surface area contributed by atoms with Crippen LogP contribution in [0.4, 0.5) is 13.2 Å². The van der Waals surface area contributed by atoms with Crippen molar-refractivity contribution in [1.82, 2.24) is 10.3 Å². The average Bonchev–Trinajstić information content (AvgIpc) is 3.02. The van der Waals surface area contributed by atoms with Gasteiger partial charge in [-0.05, 0) is 24.6 Å². The highest BCUT2D eigenvalue weighted by molar-refractivity contribution is 7.09. The van der Waals surface area contributed by atoms with E-state index in [1.807, 2.05) is 0 Å². The molecule has 0 aliphatic carbocycles. The van der Waals surface area contributed by atoms with Gasteiger partial charge in [0.1, 0.15) is 16.5 Å². The first-order valence-electron chi connectivity index (χ1n) is 7.03. The molecule has 0 bridgehead atoms. The lowest BCUT2D eigenvalue weighted by molar-refractivity contribution is -0.153. The first kappa shape index (κ1) is 21.2. The van der Waals surface area contributed by atoms with Gasteiger partial charge in [-0.15, -0.1) is 23.7 Å². The van der Waals surface area contributed by atoms with E-state index in [-0.39, 0.29) is 42.3 Å². The Morgan fingerprint density at radius 1 is 1.36 bits per heavy atom. The van der Waals surface area contributed by atoms with Crippen molar-refractivity contribution in [1.29, 1.82) is 0 Å². The van der Waals surface area contributed by atoms with Crippen LogP contribution in [-0.2, 0) is 6.54 Å². The highest BCUT2D eigenvalue weighted by atomic mass is 35.5. The van der Waals surface area contributed by atoms with Crippen LogP contribution in [0.25, 0.3) is 0 Å². The highest BCUT2D eigenvalue weighted by Gasteiger charge is 2.28. The van der Waals surface area contributed by atoms with E-state index in [0.29, 0.717) is 5.01 Å². The topological polar surface area (TPSA) is 77.2 Å². The summed E-state index contributed by atoms with van der Waals surface area (Å²) >= 11 is 1.30. The van der Waals surface area contributed by atoms with Crippen LogP contribution in [0.5, 0.6) is 5.75 Å². The number of rotatable bonds is 6. The van der Waals surface area contributed by atoms with Crippen LogP contribution < -0.4 is 15.8 Å². The number of alkyl halides is 3. The number of amides is 1. The van der Waals surface area contributed by atoms with E-state index >= 15 is 0 Å². The van der Waals surface area contributed by atoms with Gasteiger partial charge >= 0.3 is 6.18 Å². The molecule has 0 aliphatic heterocycles. The molecule has 1 atom stereocenters. The van der Waals surface area contributed by atoms with Crippen LogP contribution in [0.1, 0.15) is 34.0 Å². The minimum Gasteiger partial charge on any atom is -0.484 e. The van der Waals surface area contributed by atoms with Gasteiger partial charge in [0.2, 0.25) is 0 Å². The van der Waals surface area contributed by atoms with Crippen molar-refractivity contribution >= 4 is 29.7 Å². The molecule has 1 aromatic heterocycles. The second-order valence-corrected chi connectivity index (χ2v) is 5.94. The fourth-order valence-corrected chi connectivity index (χ4v) is 2.54. The van der Waals surface area contributed by atoms with Gasteiger partial charge in [0.05, 0.1) is 6.04 Å². The molecular formula is C15H17ClF3N3O2S. The molecule has 0 saturated carbocycles. The molecule has 138 valence electrons. The first-order chi connectivity index (χ1) is 11.3. The molecule has 5 nitrogen and oxygen atoms in total. The molecule has 0 radical (unpaired) electrons. The van der Waals surface area contributed by atoms with E-state index in [2.05, 4.69) is 15.0 Å². The molecule has 0 saturated heterocycles. The second-order valence-electron chi connectivity index (χ2n) is 5.00. The molecule has 2 rings (SSSR count). The van der Waals surface area contributed by atoms with Gasteiger partial charge in [0, 0.05) is 11.9 Å². The smallest absolute Gasteiger partial charge is 0.422 e. The maximum Gasteiger partial charge on any atom is 0.422 e. The van der Waals surface area contributed by atoms with E-state index < -0.39 is 12.8 Å². The fraction of sp³-hybridized carbons (Fsp3) is 0.333. The van der Waals surface area contributed by atoms with Crippen molar-refractivity contribution in [2.75, 3.05) is 6.61 Å². The zero-order chi connectivity index (χ0) is 17.7. The Balaban J connectivity index is 0.00000312. The van der Waals surface area contributed by atoms with Gasteiger partial charge in [-0.3, -0.25) is 4.79 Å². The maximum absolute atomic E-state index is 12.1. The Hall–Kier alpha value is -1.84. The Labute approximate surface area is 152 Å². The number of halogens is 4. The molecule has 0 spiro atoms. The fourth-order valence-electron chi connectivity index (χ4n) is 1.88. The van der Waals surface area contributed by atoms with E-state index in [0.717, 1.165) is 5.56 Å². The normalized spacial score (nSPS) is 12.2. The number of benzene rings is 1. The van der Waals surface area contributed by atoms with Crippen LogP contribution in [-0.4, -0.2) is 23.7 Å². The van der Waals surface area contributed by atoms with Crippen molar-refractivity contribution in [3.63, 3.8) is 0 Å². The number of hydrogen-bond acceptors (Lipinski definition) is 5. The SMILES string of the molecule is CC(NC(=O)c1csc(CN)n1)c1ccc(OCC(F)(F)F)cc1.Cl. The second kappa shape index (κ2) is 9.02. The minimum atomic E-state index is -4.38. The Morgan fingerprint density at radius 2 is 2.00 bits per heavy atom. The Bertz CT molecular complexity index is 692. The van der Waals surface area contributed by atoms with Crippen molar-refractivity contribution in [2.45, 2.75) is 25.7 Å². The van der Waals surface area contributed by atoms with E-state index in [9.17, 15) is 18.0 Å². The molecule has 1 aromatic carbocycles.